The Kier molecular flexibility index (Phi) is 4.62. The second kappa shape index (κ2) is 6.24. The molecule has 3 N–H and O–H groups in total. The maximum absolute atomic E-state index is 13.2. The third kappa shape index (κ3) is 3.29. The zero-order chi connectivity index (χ0) is 14.7. The fraction of sp³-hybridized carbons (Fsp3) is 0.200. The zero-order valence-electron chi connectivity index (χ0n) is 10.9. The molecule has 20 heavy (non-hydrogen) atoms. The average Bonchev–Trinajstić information content (AvgIpc) is 2.39. The molecular formula is C15H15BrFNO2. The van der Waals surface area contributed by atoms with E-state index in [0.29, 0.717) is 12.1 Å². The Balaban J connectivity index is 2.13. The molecule has 0 aromatic heterocycles. The van der Waals surface area contributed by atoms with Crippen LogP contribution in [0.4, 0.5) is 4.39 Å². The minimum Gasteiger partial charge on any atom is -0.507 e. The third-order valence-corrected chi connectivity index (χ3v) is 3.87. The highest BCUT2D eigenvalue weighted by Crippen LogP contribution is 2.32. The molecule has 5 heteroatoms. The summed E-state index contributed by atoms with van der Waals surface area (Å²) >= 11 is 3.36. The van der Waals surface area contributed by atoms with Crippen LogP contribution in [0.25, 0.3) is 0 Å². The van der Waals surface area contributed by atoms with Gasteiger partial charge in [0.05, 0.1) is 5.56 Å². The SMILES string of the molecule is CC(NCc1cc(F)ccc1Br)c1c(O)cccc1O. The van der Waals surface area contributed by atoms with Crippen LogP contribution in [0.3, 0.4) is 0 Å². The number of hydrogen-bond donors (Lipinski definition) is 3. The maximum Gasteiger partial charge on any atom is 0.124 e. The minimum atomic E-state index is -0.303. The molecule has 1 unspecified atom stereocenters. The van der Waals surface area contributed by atoms with Gasteiger partial charge >= 0.3 is 0 Å². The minimum absolute atomic E-state index is 0.0308. The molecule has 0 aliphatic carbocycles. The summed E-state index contributed by atoms with van der Waals surface area (Å²) in [5, 5.41) is 22.7. The number of hydrogen-bond acceptors (Lipinski definition) is 3. The highest BCUT2D eigenvalue weighted by atomic mass is 79.9. The summed E-state index contributed by atoms with van der Waals surface area (Å²) in [5.41, 5.74) is 1.20. The summed E-state index contributed by atoms with van der Waals surface area (Å²) in [5.74, 6) is -0.241. The molecule has 0 bridgehead atoms. The monoisotopic (exact) mass is 339 g/mol. The van der Waals surface area contributed by atoms with Crippen molar-refractivity contribution in [2.24, 2.45) is 0 Å². The van der Waals surface area contributed by atoms with Crippen LogP contribution in [0.15, 0.2) is 40.9 Å². The Labute approximate surface area is 125 Å². The largest absolute Gasteiger partial charge is 0.507 e. The molecule has 0 saturated carbocycles. The molecular weight excluding hydrogens is 325 g/mol. The van der Waals surface area contributed by atoms with Gasteiger partial charge in [-0.05, 0) is 42.8 Å². The first kappa shape index (κ1) is 14.8. The van der Waals surface area contributed by atoms with Crippen molar-refractivity contribution < 1.29 is 14.6 Å². The number of benzene rings is 2. The molecule has 2 aromatic rings. The van der Waals surface area contributed by atoms with Crippen molar-refractivity contribution in [1.29, 1.82) is 0 Å². The normalized spacial score (nSPS) is 12.3. The van der Waals surface area contributed by atoms with Crippen LogP contribution >= 0.6 is 15.9 Å². The van der Waals surface area contributed by atoms with Gasteiger partial charge in [0.15, 0.2) is 0 Å². The quantitative estimate of drug-likeness (QED) is 0.792. The van der Waals surface area contributed by atoms with E-state index in [2.05, 4.69) is 21.2 Å². The van der Waals surface area contributed by atoms with Crippen LogP contribution in [0.1, 0.15) is 24.1 Å². The second-order valence-corrected chi connectivity index (χ2v) is 5.40. The molecule has 0 amide bonds. The Morgan fingerprint density at radius 1 is 1.20 bits per heavy atom. The van der Waals surface area contributed by atoms with E-state index >= 15 is 0 Å². The van der Waals surface area contributed by atoms with Crippen LogP contribution in [-0.4, -0.2) is 10.2 Å². The molecule has 0 spiro atoms. The fourth-order valence-corrected chi connectivity index (χ4v) is 2.42. The van der Waals surface area contributed by atoms with Crippen LogP contribution in [0.5, 0.6) is 11.5 Å². The number of phenols is 2. The summed E-state index contributed by atoms with van der Waals surface area (Å²) in [6.45, 7) is 2.23. The molecule has 0 aliphatic rings. The van der Waals surface area contributed by atoms with Crippen LogP contribution in [-0.2, 0) is 6.54 Å². The first-order chi connectivity index (χ1) is 9.49. The van der Waals surface area contributed by atoms with Gasteiger partial charge in [0, 0.05) is 17.1 Å². The fourth-order valence-electron chi connectivity index (χ4n) is 2.03. The van der Waals surface area contributed by atoms with Gasteiger partial charge in [-0.25, -0.2) is 4.39 Å². The summed E-state index contributed by atoms with van der Waals surface area (Å²) in [4.78, 5) is 0. The van der Waals surface area contributed by atoms with Gasteiger partial charge in [0.2, 0.25) is 0 Å². The standard InChI is InChI=1S/C15H15BrFNO2/c1-9(15-13(19)3-2-4-14(15)20)18-8-10-7-11(17)5-6-12(10)16/h2-7,9,18-20H,8H2,1H3. The lowest BCUT2D eigenvalue weighted by atomic mass is 10.1. The Morgan fingerprint density at radius 2 is 1.85 bits per heavy atom. The van der Waals surface area contributed by atoms with Gasteiger partial charge in [0.25, 0.3) is 0 Å². The average molecular weight is 340 g/mol. The number of rotatable bonds is 4. The number of nitrogens with one attached hydrogen (secondary N) is 1. The molecule has 1 atom stereocenters. The van der Waals surface area contributed by atoms with Gasteiger partial charge < -0.3 is 15.5 Å². The second-order valence-electron chi connectivity index (χ2n) is 4.55. The molecule has 3 nitrogen and oxygen atoms in total. The molecule has 0 heterocycles. The lowest BCUT2D eigenvalue weighted by Crippen LogP contribution is -2.18. The lowest BCUT2D eigenvalue weighted by Gasteiger charge is -2.17. The van der Waals surface area contributed by atoms with Gasteiger partial charge in [0.1, 0.15) is 17.3 Å². The van der Waals surface area contributed by atoms with E-state index < -0.39 is 0 Å². The van der Waals surface area contributed by atoms with Crippen molar-refractivity contribution in [3.05, 3.63) is 57.8 Å². The molecule has 0 aliphatic heterocycles. The topological polar surface area (TPSA) is 52.5 Å². The van der Waals surface area contributed by atoms with Crippen molar-refractivity contribution in [1.82, 2.24) is 5.32 Å². The molecule has 2 aromatic carbocycles. The van der Waals surface area contributed by atoms with E-state index in [1.807, 2.05) is 6.92 Å². The first-order valence-electron chi connectivity index (χ1n) is 6.17. The summed E-state index contributed by atoms with van der Waals surface area (Å²) < 4.78 is 14.0. The highest BCUT2D eigenvalue weighted by molar-refractivity contribution is 9.10. The molecule has 0 saturated heterocycles. The molecule has 0 fully saturated rings. The molecule has 0 radical (unpaired) electrons. The van der Waals surface area contributed by atoms with E-state index in [1.54, 1.807) is 12.1 Å². The smallest absolute Gasteiger partial charge is 0.124 e. The van der Waals surface area contributed by atoms with E-state index in [0.717, 1.165) is 10.0 Å². The van der Waals surface area contributed by atoms with Gasteiger partial charge in [-0.3, -0.25) is 0 Å². The van der Waals surface area contributed by atoms with Crippen LogP contribution in [0, 0.1) is 5.82 Å². The summed E-state index contributed by atoms with van der Waals surface area (Å²) in [7, 11) is 0. The van der Waals surface area contributed by atoms with E-state index in [1.165, 1.54) is 24.3 Å². The van der Waals surface area contributed by atoms with E-state index in [-0.39, 0.29) is 23.4 Å². The van der Waals surface area contributed by atoms with Gasteiger partial charge in [-0.15, -0.1) is 0 Å². The molecule has 106 valence electrons. The number of halogens is 2. The predicted molar refractivity (Wildman–Crippen MR) is 79.1 cm³/mol. The zero-order valence-corrected chi connectivity index (χ0v) is 12.5. The molecule has 2 rings (SSSR count). The van der Waals surface area contributed by atoms with Gasteiger partial charge in [-0.1, -0.05) is 22.0 Å². The van der Waals surface area contributed by atoms with Crippen molar-refractivity contribution in [3.8, 4) is 11.5 Å². The van der Waals surface area contributed by atoms with Crippen LogP contribution in [0.2, 0.25) is 0 Å². The maximum atomic E-state index is 13.2. The van der Waals surface area contributed by atoms with E-state index in [4.69, 9.17) is 0 Å². The predicted octanol–water partition coefficient (Wildman–Crippen LogP) is 3.85. The first-order valence-corrected chi connectivity index (χ1v) is 6.96. The van der Waals surface area contributed by atoms with Crippen molar-refractivity contribution in [3.63, 3.8) is 0 Å². The Hall–Kier alpha value is -1.59. The van der Waals surface area contributed by atoms with Crippen molar-refractivity contribution >= 4 is 15.9 Å². The highest BCUT2D eigenvalue weighted by Gasteiger charge is 2.15. The Morgan fingerprint density at radius 3 is 2.50 bits per heavy atom. The number of phenolic OH excluding ortho intramolecular Hbond substituents is 2. The third-order valence-electron chi connectivity index (χ3n) is 3.10. The Bertz CT molecular complexity index is 599. The van der Waals surface area contributed by atoms with Gasteiger partial charge in [-0.2, -0.15) is 0 Å². The van der Waals surface area contributed by atoms with Crippen molar-refractivity contribution in [2.75, 3.05) is 0 Å². The summed E-state index contributed by atoms with van der Waals surface area (Å²) in [6.07, 6.45) is 0. The van der Waals surface area contributed by atoms with E-state index in [9.17, 15) is 14.6 Å². The number of aromatic hydroxyl groups is 2. The summed E-state index contributed by atoms with van der Waals surface area (Å²) in [6, 6.07) is 8.81. The van der Waals surface area contributed by atoms with Crippen LogP contribution < -0.4 is 5.32 Å². The van der Waals surface area contributed by atoms with Crippen molar-refractivity contribution in [2.45, 2.75) is 19.5 Å². The lowest BCUT2D eigenvalue weighted by molar-refractivity contribution is 0.418.